The van der Waals surface area contributed by atoms with Gasteiger partial charge in [0.05, 0.1) is 22.7 Å². The molecule has 0 fully saturated rings. The van der Waals surface area contributed by atoms with Crippen LogP contribution in [0.2, 0.25) is 10.0 Å². The Morgan fingerprint density at radius 1 is 1.13 bits per heavy atom. The maximum Gasteiger partial charge on any atom is 0.335 e. The predicted octanol–water partition coefficient (Wildman–Crippen LogP) is 6.34. The first kappa shape index (κ1) is 22.7. The lowest BCUT2D eigenvalue weighted by Gasteiger charge is -2.16. The van der Waals surface area contributed by atoms with Gasteiger partial charge < -0.3 is 19.9 Å². The number of anilines is 1. The van der Waals surface area contributed by atoms with Crippen molar-refractivity contribution >= 4 is 34.9 Å². The zero-order valence-electron chi connectivity index (χ0n) is 16.8. The number of halogens is 3. The molecule has 0 aliphatic rings. The average Bonchev–Trinajstić information content (AvgIpc) is 2.73. The number of nitrogens with one attached hydrogen (secondary N) is 1. The number of carbonyl (C=O) groups is 1. The van der Waals surface area contributed by atoms with Gasteiger partial charge in [-0.15, -0.1) is 0 Å². The molecule has 2 N–H and O–H groups in total. The first-order valence-electron chi connectivity index (χ1n) is 9.30. The Hall–Kier alpha value is -2.96. The van der Waals surface area contributed by atoms with Crippen LogP contribution >= 0.6 is 23.2 Å². The van der Waals surface area contributed by atoms with Crippen molar-refractivity contribution < 1.29 is 23.8 Å². The summed E-state index contributed by atoms with van der Waals surface area (Å²) in [5, 5.41) is 12.9. The van der Waals surface area contributed by atoms with Crippen molar-refractivity contribution in [3.63, 3.8) is 0 Å². The topological polar surface area (TPSA) is 67.8 Å². The molecule has 0 aliphatic carbocycles. The normalized spacial score (nSPS) is 10.6. The van der Waals surface area contributed by atoms with E-state index in [4.69, 9.17) is 37.8 Å². The van der Waals surface area contributed by atoms with Gasteiger partial charge in [-0.3, -0.25) is 0 Å². The first-order valence-corrected chi connectivity index (χ1v) is 10.1. The second-order valence-corrected chi connectivity index (χ2v) is 7.60. The van der Waals surface area contributed by atoms with Crippen LogP contribution in [0, 0.1) is 12.7 Å². The van der Waals surface area contributed by atoms with Crippen molar-refractivity contribution in [2.24, 2.45) is 0 Å². The number of rotatable bonds is 8. The van der Waals surface area contributed by atoms with Crippen LogP contribution in [-0.4, -0.2) is 18.2 Å². The van der Waals surface area contributed by atoms with Gasteiger partial charge in [-0.05, 0) is 60.5 Å². The summed E-state index contributed by atoms with van der Waals surface area (Å²) in [6.07, 6.45) is 0. The number of hydrogen-bond donors (Lipinski definition) is 2. The fourth-order valence-electron chi connectivity index (χ4n) is 3.02. The minimum atomic E-state index is -0.974. The van der Waals surface area contributed by atoms with Crippen LogP contribution < -0.4 is 14.8 Å². The third-order valence-electron chi connectivity index (χ3n) is 4.67. The Morgan fingerprint density at radius 2 is 1.90 bits per heavy atom. The highest BCUT2D eigenvalue weighted by Gasteiger charge is 2.15. The van der Waals surface area contributed by atoms with Crippen molar-refractivity contribution in [1.29, 1.82) is 0 Å². The van der Waals surface area contributed by atoms with Gasteiger partial charge in [0, 0.05) is 17.8 Å². The molecular weight excluding hydrogens is 444 g/mol. The van der Waals surface area contributed by atoms with E-state index < -0.39 is 11.8 Å². The van der Waals surface area contributed by atoms with Gasteiger partial charge in [-0.1, -0.05) is 29.3 Å². The van der Waals surface area contributed by atoms with Crippen LogP contribution in [-0.2, 0) is 13.2 Å². The molecule has 0 amide bonds. The molecule has 0 spiro atoms. The molecule has 0 atom stereocenters. The maximum atomic E-state index is 14.0. The molecule has 3 aromatic carbocycles. The molecule has 0 bridgehead atoms. The van der Waals surface area contributed by atoms with Gasteiger partial charge in [0.15, 0.2) is 11.5 Å². The summed E-state index contributed by atoms with van der Waals surface area (Å²) < 4.78 is 25.1. The summed E-state index contributed by atoms with van der Waals surface area (Å²) >= 11 is 12.5. The smallest absolute Gasteiger partial charge is 0.335 e. The molecule has 3 rings (SSSR count). The molecule has 0 aromatic heterocycles. The van der Waals surface area contributed by atoms with E-state index in [1.165, 1.54) is 25.3 Å². The molecule has 0 aliphatic heterocycles. The van der Waals surface area contributed by atoms with Gasteiger partial charge in [0.2, 0.25) is 0 Å². The standard InChI is InChI=1S/C23H20Cl2FNO4/c1-13-8-15(23(28)29)6-7-20(13)27-11-14-9-18(25)22(21(10-14)30-2)31-12-16-17(24)4-3-5-19(16)26/h3-10,27H,11-12H2,1-2H3,(H,28,29). The van der Waals surface area contributed by atoms with Crippen LogP contribution in [0.1, 0.15) is 27.0 Å². The van der Waals surface area contributed by atoms with Gasteiger partial charge >= 0.3 is 5.97 Å². The number of hydrogen-bond acceptors (Lipinski definition) is 4. The van der Waals surface area contributed by atoms with E-state index in [-0.39, 0.29) is 28.5 Å². The molecular formula is C23H20Cl2FNO4. The molecule has 162 valence electrons. The summed E-state index contributed by atoms with van der Waals surface area (Å²) in [5.74, 6) is -0.755. The number of carboxylic acid groups (broad SMARTS) is 1. The van der Waals surface area contributed by atoms with Crippen molar-refractivity contribution in [3.05, 3.63) is 86.6 Å². The van der Waals surface area contributed by atoms with Crippen molar-refractivity contribution in [1.82, 2.24) is 0 Å². The number of aromatic carboxylic acids is 1. The van der Waals surface area contributed by atoms with Gasteiger partial charge in [-0.25, -0.2) is 9.18 Å². The number of carboxylic acids is 1. The molecule has 0 unspecified atom stereocenters. The van der Waals surface area contributed by atoms with E-state index in [0.717, 1.165) is 16.8 Å². The van der Waals surface area contributed by atoms with Crippen LogP contribution in [0.3, 0.4) is 0 Å². The number of benzene rings is 3. The molecule has 3 aromatic rings. The molecule has 8 heteroatoms. The third-order valence-corrected chi connectivity index (χ3v) is 5.30. The van der Waals surface area contributed by atoms with Crippen molar-refractivity contribution in [3.8, 4) is 11.5 Å². The minimum absolute atomic E-state index is 0.103. The largest absolute Gasteiger partial charge is 0.493 e. The zero-order valence-corrected chi connectivity index (χ0v) is 18.4. The monoisotopic (exact) mass is 463 g/mol. The average molecular weight is 464 g/mol. The molecule has 0 radical (unpaired) electrons. The maximum absolute atomic E-state index is 14.0. The zero-order chi connectivity index (χ0) is 22.5. The van der Waals surface area contributed by atoms with Crippen molar-refractivity contribution in [2.75, 3.05) is 12.4 Å². The van der Waals surface area contributed by atoms with E-state index in [1.807, 2.05) is 6.92 Å². The van der Waals surface area contributed by atoms with Gasteiger partial charge in [-0.2, -0.15) is 0 Å². The number of ether oxygens (including phenoxy) is 2. The highest BCUT2D eigenvalue weighted by Crippen LogP contribution is 2.37. The minimum Gasteiger partial charge on any atom is -0.493 e. The van der Waals surface area contributed by atoms with Gasteiger partial charge in [0.25, 0.3) is 0 Å². The highest BCUT2D eigenvalue weighted by molar-refractivity contribution is 6.32. The van der Waals surface area contributed by atoms with Crippen LogP contribution in [0.5, 0.6) is 11.5 Å². The second kappa shape index (κ2) is 9.90. The van der Waals surface area contributed by atoms with E-state index in [1.54, 1.807) is 30.3 Å². The Morgan fingerprint density at radius 3 is 2.55 bits per heavy atom. The summed E-state index contributed by atoms with van der Waals surface area (Å²) in [6.45, 7) is 2.14. The van der Waals surface area contributed by atoms with E-state index in [9.17, 15) is 9.18 Å². The fraction of sp³-hybridized carbons (Fsp3) is 0.174. The lowest BCUT2D eigenvalue weighted by atomic mass is 10.1. The van der Waals surface area contributed by atoms with E-state index >= 15 is 0 Å². The molecule has 5 nitrogen and oxygen atoms in total. The fourth-order valence-corrected chi connectivity index (χ4v) is 3.53. The summed E-state index contributed by atoms with van der Waals surface area (Å²) in [6, 6.07) is 12.7. The third kappa shape index (κ3) is 5.40. The van der Waals surface area contributed by atoms with Gasteiger partial charge in [0.1, 0.15) is 12.4 Å². The summed E-state index contributed by atoms with van der Waals surface area (Å²) in [5.41, 5.74) is 2.88. The predicted molar refractivity (Wildman–Crippen MR) is 119 cm³/mol. The molecule has 0 saturated heterocycles. The molecule has 0 heterocycles. The van der Waals surface area contributed by atoms with E-state index in [2.05, 4.69) is 5.32 Å². The molecule has 31 heavy (non-hydrogen) atoms. The van der Waals surface area contributed by atoms with Crippen LogP contribution in [0.4, 0.5) is 10.1 Å². The van der Waals surface area contributed by atoms with Crippen LogP contribution in [0.15, 0.2) is 48.5 Å². The Labute approximate surface area is 189 Å². The Bertz CT molecular complexity index is 1100. The number of methoxy groups -OCH3 is 1. The lowest BCUT2D eigenvalue weighted by Crippen LogP contribution is -2.05. The summed E-state index contributed by atoms with van der Waals surface area (Å²) in [7, 11) is 1.49. The Kier molecular flexibility index (Phi) is 7.25. The lowest BCUT2D eigenvalue weighted by molar-refractivity contribution is 0.0697. The first-order chi connectivity index (χ1) is 14.8. The SMILES string of the molecule is COc1cc(CNc2ccc(C(=O)O)cc2C)cc(Cl)c1OCc1c(F)cccc1Cl. The molecule has 0 saturated carbocycles. The Balaban J connectivity index is 1.75. The van der Waals surface area contributed by atoms with E-state index in [0.29, 0.717) is 17.3 Å². The van der Waals surface area contributed by atoms with Crippen LogP contribution in [0.25, 0.3) is 0 Å². The van der Waals surface area contributed by atoms with Crippen molar-refractivity contribution in [2.45, 2.75) is 20.1 Å². The number of aryl methyl sites for hydroxylation is 1. The quantitative estimate of drug-likeness (QED) is 0.407. The highest BCUT2D eigenvalue weighted by atomic mass is 35.5. The summed E-state index contributed by atoms with van der Waals surface area (Å²) in [4.78, 5) is 11.1. The second-order valence-electron chi connectivity index (χ2n) is 6.79.